The molecule has 0 aliphatic carbocycles. The van der Waals surface area contributed by atoms with Crippen molar-refractivity contribution in [3.63, 3.8) is 0 Å². The zero-order valence-electron chi connectivity index (χ0n) is 16.1. The maximum atomic E-state index is 13.0. The molecule has 1 fully saturated rings. The molecule has 0 saturated carbocycles. The summed E-state index contributed by atoms with van der Waals surface area (Å²) in [4.78, 5) is 27.1. The van der Waals surface area contributed by atoms with Gasteiger partial charge in [-0.15, -0.1) is 0 Å². The molecule has 152 valence electrons. The summed E-state index contributed by atoms with van der Waals surface area (Å²) in [7, 11) is 1.53. The molecule has 1 aliphatic heterocycles. The average Bonchev–Trinajstić information content (AvgIpc) is 3.28. The third-order valence-electron chi connectivity index (χ3n) is 4.83. The standard InChI is InChI=1S/C22H17ClN2O5/c1-12-10-17(24-30-12)25-19(14-4-3-5-15(23)11-14)18(21(27)22(25)28)20(26)13-6-8-16(29-2)9-7-13/h3-11,19,26H,1-2H3/b20-18+. The van der Waals surface area contributed by atoms with Gasteiger partial charge in [0.25, 0.3) is 5.78 Å². The number of carbonyl (C=O) groups is 2. The molecule has 2 heterocycles. The molecule has 3 aromatic rings. The molecule has 0 bridgehead atoms. The number of rotatable bonds is 4. The lowest BCUT2D eigenvalue weighted by Crippen LogP contribution is -2.29. The van der Waals surface area contributed by atoms with Crippen LogP contribution >= 0.6 is 11.6 Å². The number of amides is 1. The molecule has 1 aromatic heterocycles. The quantitative estimate of drug-likeness (QED) is 0.382. The van der Waals surface area contributed by atoms with Gasteiger partial charge < -0.3 is 14.4 Å². The Morgan fingerprint density at radius 3 is 2.50 bits per heavy atom. The van der Waals surface area contributed by atoms with Crippen LogP contribution in [0.4, 0.5) is 5.82 Å². The van der Waals surface area contributed by atoms with E-state index in [2.05, 4.69) is 5.16 Å². The maximum Gasteiger partial charge on any atom is 0.301 e. The molecule has 1 N–H and O–H groups in total. The van der Waals surface area contributed by atoms with E-state index in [1.807, 2.05) is 0 Å². The second-order valence-electron chi connectivity index (χ2n) is 6.75. The number of halogens is 1. The van der Waals surface area contributed by atoms with E-state index in [0.717, 1.165) is 0 Å². The predicted molar refractivity (Wildman–Crippen MR) is 110 cm³/mol. The topological polar surface area (TPSA) is 92.9 Å². The van der Waals surface area contributed by atoms with Gasteiger partial charge in [0.2, 0.25) is 0 Å². The number of hydrogen-bond donors (Lipinski definition) is 1. The summed E-state index contributed by atoms with van der Waals surface area (Å²) >= 11 is 6.16. The van der Waals surface area contributed by atoms with Crippen molar-refractivity contribution in [1.82, 2.24) is 5.16 Å². The number of nitrogens with zero attached hydrogens (tertiary/aromatic N) is 2. The summed E-state index contributed by atoms with van der Waals surface area (Å²) in [6.07, 6.45) is 0. The SMILES string of the molecule is COc1ccc(/C(O)=C2\C(=O)C(=O)N(c3cc(C)on3)C2c2cccc(Cl)c2)cc1. The van der Waals surface area contributed by atoms with Crippen molar-refractivity contribution in [1.29, 1.82) is 0 Å². The summed E-state index contributed by atoms with van der Waals surface area (Å²) in [6, 6.07) is 13.9. The average molecular weight is 425 g/mol. The first-order valence-electron chi connectivity index (χ1n) is 9.05. The van der Waals surface area contributed by atoms with E-state index < -0.39 is 17.7 Å². The van der Waals surface area contributed by atoms with Crippen LogP contribution in [0.15, 0.2) is 64.7 Å². The number of carbonyl (C=O) groups excluding carboxylic acids is 2. The summed E-state index contributed by atoms with van der Waals surface area (Å²) in [6.45, 7) is 1.68. The maximum absolute atomic E-state index is 13.0. The minimum atomic E-state index is -0.921. The van der Waals surface area contributed by atoms with Gasteiger partial charge >= 0.3 is 5.91 Å². The number of aromatic nitrogens is 1. The van der Waals surface area contributed by atoms with Gasteiger partial charge in [0.05, 0.1) is 18.7 Å². The first-order valence-corrected chi connectivity index (χ1v) is 9.42. The fraction of sp³-hybridized carbons (Fsp3) is 0.136. The van der Waals surface area contributed by atoms with Crippen molar-refractivity contribution in [3.05, 3.63) is 82.1 Å². The van der Waals surface area contributed by atoms with Gasteiger partial charge in [-0.25, -0.2) is 0 Å². The molecule has 1 saturated heterocycles. The molecule has 7 nitrogen and oxygen atoms in total. The van der Waals surface area contributed by atoms with Crippen LogP contribution in [-0.2, 0) is 9.59 Å². The zero-order chi connectivity index (χ0) is 21.4. The molecule has 8 heteroatoms. The normalized spacial score (nSPS) is 18.1. The molecule has 1 unspecified atom stereocenters. The number of aliphatic hydroxyl groups is 1. The van der Waals surface area contributed by atoms with Crippen LogP contribution in [0.5, 0.6) is 5.75 Å². The van der Waals surface area contributed by atoms with Crippen molar-refractivity contribution < 1.29 is 24.0 Å². The largest absolute Gasteiger partial charge is 0.507 e. The lowest BCUT2D eigenvalue weighted by molar-refractivity contribution is -0.132. The van der Waals surface area contributed by atoms with E-state index in [-0.39, 0.29) is 17.2 Å². The molecule has 4 rings (SSSR count). The van der Waals surface area contributed by atoms with E-state index in [4.69, 9.17) is 20.9 Å². The highest BCUT2D eigenvalue weighted by Gasteiger charge is 2.48. The Kier molecular flexibility index (Phi) is 5.05. The van der Waals surface area contributed by atoms with Crippen molar-refractivity contribution in [2.45, 2.75) is 13.0 Å². The Bertz CT molecular complexity index is 1170. The molecule has 2 aromatic carbocycles. The van der Waals surface area contributed by atoms with Crippen LogP contribution in [0.2, 0.25) is 5.02 Å². The highest BCUT2D eigenvalue weighted by molar-refractivity contribution is 6.51. The number of anilines is 1. The summed E-state index contributed by atoms with van der Waals surface area (Å²) in [5.74, 6) is -0.697. The monoisotopic (exact) mass is 424 g/mol. The van der Waals surface area contributed by atoms with Crippen LogP contribution < -0.4 is 9.64 Å². The van der Waals surface area contributed by atoms with Gasteiger partial charge in [-0.2, -0.15) is 0 Å². The molecule has 1 atom stereocenters. The number of Topliss-reactive ketones (excluding diaryl/α,β-unsaturated/α-hetero) is 1. The number of methoxy groups -OCH3 is 1. The molecule has 0 spiro atoms. The first-order chi connectivity index (χ1) is 14.4. The number of ketones is 1. The molecular formula is C22H17ClN2O5. The number of aryl methyl sites for hydroxylation is 1. The fourth-order valence-corrected chi connectivity index (χ4v) is 3.63. The molecular weight excluding hydrogens is 408 g/mol. The summed E-state index contributed by atoms with van der Waals surface area (Å²) in [5, 5.41) is 15.3. The Labute approximate surface area is 177 Å². The minimum Gasteiger partial charge on any atom is -0.507 e. The van der Waals surface area contributed by atoms with Gasteiger partial charge in [-0.05, 0) is 48.9 Å². The van der Waals surface area contributed by atoms with E-state index in [1.165, 1.54) is 12.0 Å². The van der Waals surface area contributed by atoms with Crippen LogP contribution in [0.25, 0.3) is 5.76 Å². The predicted octanol–water partition coefficient (Wildman–Crippen LogP) is 4.27. The minimum absolute atomic E-state index is 0.0620. The highest BCUT2D eigenvalue weighted by atomic mass is 35.5. The molecule has 30 heavy (non-hydrogen) atoms. The Morgan fingerprint density at radius 1 is 1.17 bits per heavy atom. The highest BCUT2D eigenvalue weighted by Crippen LogP contribution is 2.42. The third-order valence-corrected chi connectivity index (χ3v) is 5.07. The van der Waals surface area contributed by atoms with Crippen LogP contribution in [0, 0.1) is 6.92 Å². The Morgan fingerprint density at radius 2 is 1.90 bits per heavy atom. The van der Waals surface area contributed by atoms with E-state index in [0.29, 0.717) is 27.7 Å². The second-order valence-corrected chi connectivity index (χ2v) is 7.18. The number of ether oxygens (including phenoxy) is 1. The van der Waals surface area contributed by atoms with Gasteiger partial charge in [-0.3, -0.25) is 14.5 Å². The zero-order valence-corrected chi connectivity index (χ0v) is 16.9. The van der Waals surface area contributed by atoms with E-state index in [9.17, 15) is 14.7 Å². The van der Waals surface area contributed by atoms with Gasteiger partial charge in [0.1, 0.15) is 17.3 Å². The summed E-state index contributed by atoms with van der Waals surface area (Å²) in [5.41, 5.74) is 0.864. The molecule has 1 amide bonds. The van der Waals surface area contributed by atoms with Crippen LogP contribution in [0.3, 0.4) is 0 Å². The Hall–Kier alpha value is -3.58. The lowest BCUT2D eigenvalue weighted by Gasteiger charge is -2.23. The lowest BCUT2D eigenvalue weighted by atomic mass is 9.95. The van der Waals surface area contributed by atoms with Gasteiger partial charge in [0, 0.05) is 16.7 Å². The van der Waals surface area contributed by atoms with Crippen molar-refractivity contribution in [2.75, 3.05) is 12.0 Å². The van der Waals surface area contributed by atoms with Crippen molar-refractivity contribution in [3.8, 4) is 5.75 Å². The third kappa shape index (κ3) is 3.33. The van der Waals surface area contributed by atoms with Crippen molar-refractivity contribution in [2.24, 2.45) is 0 Å². The smallest absolute Gasteiger partial charge is 0.301 e. The number of benzene rings is 2. The van der Waals surface area contributed by atoms with Crippen LogP contribution in [0.1, 0.15) is 22.9 Å². The molecule has 0 radical (unpaired) electrons. The first kappa shape index (κ1) is 19.7. The fourth-order valence-electron chi connectivity index (χ4n) is 3.43. The van der Waals surface area contributed by atoms with Crippen molar-refractivity contribution >= 4 is 34.9 Å². The van der Waals surface area contributed by atoms with E-state index in [1.54, 1.807) is 61.5 Å². The molecule has 1 aliphatic rings. The van der Waals surface area contributed by atoms with Gasteiger partial charge in [0.15, 0.2) is 5.82 Å². The number of hydrogen-bond acceptors (Lipinski definition) is 6. The Balaban J connectivity index is 1.92. The summed E-state index contributed by atoms with van der Waals surface area (Å²) < 4.78 is 10.2. The van der Waals surface area contributed by atoms with Gasteiger partial charge in [-0.1, -0.05) is 28.9 Å². The second kappa shape index (κ2) is 7.68. The van der Waals surface area contributed by atoms with Crippen LogP contribution in [-0.4, -0.2) is 29.1 Å². The number of aliphatic hydroxyl groups excluding tert-OH is 1. The van der Waals surface area contributed by atoms with E-state index >= 15 is 0 Å².